The number of anilines is 1. The van der Waals surface area contributed by atoms with Gasteiger partial charge in [-0.05, 0) is 67.3 Å². The average Bonchev–Trinajstić information content (AvgIpc) is 2.89. The Kier molecular flexibility index (Phi) is 6.79. The van der Waals surface area contributed by atoms with E-state index in [-0.39, 0.29) is 5.91 Å². The summed E-state index contributed by atoms with van der Waals surface area (Å²) in [6, 6.07) is 9.96. The van der Waals surface area contributed by atoms with Crippen LogP contribution in [-0.2, 0) is 11.2 Å². The molecular formula is C27H34N4O4. The zero-order valence-corrected chi connectivity index (χ0v) is 20.5. The molecule has 2 aromatic rings. The van der Waals surface area contributed by atoms with Gasteiger partial charge in [0.1, 0.15) is 5.82 Å². The fourth-order valence-corrected chi connectivity index (χ4v) is 5.96. The van der Waals surface area contributed by atoms with Crippen LogP contribution in [0.25, 0.3) is 0 Å². The Hall–Kier alpha value is -3.29. The molecule has 186 valence electrons. The van der Waals surface area contributed by atoms with E-state index < -0.39 is 0 Å². The molecule has 35 heavy (non-hydrogen) atoms. The topological polar surface area (TPSA) is 84.0 Å². The van der Waals surface area contributed by atoms with E-state index in [9.17, 15) is 9.59 Å². The van der Waals surface area contributed by atoms with Gasteiger partial charge in [-0.25, -0.2) is 4.98 Å². The lowest BCUT2D eigenvalue weighted by molar-refractivity contribution is -0.142. The summed E-state index contributed by atoms with van der Waals surface area (Å²) in [5.41, 5.74) is 1.62. The number of amides is 2. The van der Waals surface area contributed by atoms with Crippen LogP contribution in [0.1, 0.15) is 41.6 Å². The number of hydrogen-bond donors (Lipinski definition) is 1. The highest BCUT2D eigenvalue weighted by atomic mass is 16.5. The highest BCUT2D eigenvalue weighted by molar-refractivity contribution is 5.94. The fourth-order valence-electron chi connectivity index (χ4n) is 5.96. The van der Waals surface area contributed by atoms with Gasteiger partial charge in [-0.1, -0.05) is 6.07 Å². The summed E-state index contributed by atoms with van der Waals surface area (Å²) in [6.45, 7) is 3.23. The smallest absolute Gasteiger partial charge is 0.252 e. The number of carbonyl (C=O) groups is 2. The first kappa shape index (κ1) is 23.5. The molecule has 3 fully saturated rings. The molecule has 0 unspecified atom stereocenters. The van der Waals surface area contributed by atoms with Crippen LogP contribution in [0.5, 0.6) is 11.5 Å². The Morgan fingerprint density at radius 1 is 1.11 bits per heavy atom. The molecule has 3 atom stereocenters. The Balaban J connectivity index is 1.16. The molecule has 1 aromatic heterocycles. The summed E-state index contributed by atoms with van der Waals surface area (Å²) < 4.78 is 10.6. The molecule has 2 amide bonds. The van der Waals surface area contributed by atoms with Gasteiger partial charge in [0.25, 0.3) is 5.91 Å². The largest absolute Gasteiger partial charge is 0.493 e. The Morgan fingerprint density at radius 3 is 2.74 bits per heavy atom. The van der Waals surface area contributed by atoms with Crippen molar-refractivity contribution in [3.63, 3.8) is 0 Å². The average molecular weight is 479 g/mol. The maximum atomic E-state index is 12.6. The Morgan fingerprint density at radius 2 is 1.97 bits per heavy atom. The quantitative estimate of drug-likeness (QED) is 0.659. The molecule has 3 saturated heterocycles. The third-order valence-corrected chi connectivity index (χ3v) is 7.66. The molecule has 8 heteroatoms. The molecule has 4 heterocycles. The van der Waals surface area contributed by atoms with E-state index in [0.29, 0.717) is 60.2 Å². The van der Waals surface area contributed by atoms with Crippen molar-refractivity contribution in [1.29, 1.82) is 0 Å². The summed E-state index contributed by atoms with van der Waals surface area (Å²) in [6.07, 6.45) is 6.39. The predicted octanol–water partition coefficient (Wildman–Crippen LogP) is 2.91. The van der Waals surface area contributed by atoms with E-state index in [0.717, 1.165) is 43.9 Å². The third kappa shape index (κ3) is 4.92. The van der Waals surface area contributed by atoms with E-state index in [1.807, 2.05) is 30.3 Å². The second-order valence-electron chi connectivity index (χ2n) is 9.87. The zero-order valence-electron chi connectivity index (χ0n) is 20.5. The normalized spacial score (nSPS) is 23.5. The fraction of sp³-hybridized carbons (Fsp3) is 0.519. The van der Waals surface area contributed by atoms with Gasteiger partial charge >= 0.3 is 0 Å². The lowest BCUT2D eigenvalue weighted by Gasteiger charge is -2.52. The van der Waals surface area contributed by atoms with Gasteiger partial charge in [-0.3, -0.25) is 9.59 Å². The van der Waals surface area contributed by atoms with Gasteiger partial charge in [0.15, 0.2) is 11.5 Å². The van der Waals surface area contributed by atoms with E-state index in [1.54, 1.807) is 20.4 Å². The number of ether oxygens (including phenoxy) is 2. The standard InChI is InChI=1S/C27H34N4O4/c1-34-23-8-6-18(13-24(23)35-2)10-11-28-27(33)20-7-9-25(29-14-20)30-15-19-12-21(17-30)22-4-3-5-26(32)31(22)16-19/h6-9,13-14,19,21-22H,3-5,10-12,15-17H2,1-2H3,(H,28,33)/t19-,21-,22-/m1/s1. The summed E-state index contributed by atoms with van der Waals surface area (Å²) >= 11 is 0. The maximum absolute atomic E-state index is 12.6. The molecule has 1 N–H and O–H groups in total. The van der Waals surface area contributed by atoms with E-state index in [2.05, 4.69) is 20.1 Å². The minimum Gasteiger partial charge on any atom is -0.493 e. The van der Waals surface area contributed by atoms with Crippen molar-refractivity contribution in [2.75, 3.05) is 45.3 Å². The van der Waals surface area contributed by atoms with Crippen LogP contribution in [0.4, 0.5) is 5.82 Å². The first-order valence-corrected chi connectivity index (χ1v) is 12.5. The highest BCUT2D eigenvalue weighted by Gasteiger charge is 2.44. The maximum Gasteiger partial charge on any atom is 0.252 e. The van der Waals surface area contributed by atoms with Crippen LogP contribution < -0.4 is 19.7 Å². The van der Waals surface area contributed by atoms with Crippen molar-refractivity contribution in [1.82, 2.24) is 15.2 Å². The van der Waals surface area contributed by atoms with E-state index in [1.165, 1.54) is 6.42 Å². The van der Waals surface area contributed by atoms with Crippen LogP contribution in [-0.4, -0.2) is 68.1 Å². The SMILES string of the molecule is COc1ccc(CCNC(=O)c2ccc(N3C[C@H]4C[C@H](C3)[C@H]3CCCC(=O)N3C4)nc2)cc1OC. The Bertz CT molecular complexity index is 1070. The van der Waals surface area contributed by atoms with Crippen molar-refractivity contribution >= 4 is 17.6 Å². The predicted molar refractivity (Wildman–Crippen MR) is 133 cm³/mol. The molecule has 1 aromatic carbocycles. The first-order chi connectivity index (χ1) is 17.1. The number of carbonyl (C=O) groups excluding carboxylic acids is 2. The molecule has 0 aliphatic carbocycles. The number of rotatable bonds is 7. The lowest BCUT2D eigenvalue weighted by atomic mass is 9.76. The molecule has 0 radical (unpaired) electrons. The summed E-state index contributed by atoms with van der Waals surface area (Å²) in [5, 5.41) is 2.98. The second-order valence-corrected chi connectivity index (χ2v) is 9.87. The monoisotopic (exact) mass is 478 g/mol. The van der Waals surface area contributed by atoms with Crippen molar-refractivity contribution in [3.05, 3.63) is 47.7 Å². The molecule has 0 saturated carbocycles. The number of nitrogens with zero attached hydrogens (tertiary/aromatic N) is 3. The number of methoxy groups -OCH3 is 2. The van der Waals surface area contributed by atoms with Crippen molar-refractivity contribution in [2.45, 2.75) is 38.1 Å². The van der Waals surface area contributed by atoms with Crippen molar-refractivity contribution < 1.29 is 19.1 Å². The van der Waals surface area contributed by atoms with E-state index >= 15 is 0 Å². The van der Waals surface area contributed by atoms with Gasteiger partial charge in [-0.2, -0.15) is 0 Å². The summed E-state index contributed by atoms with van der Waals surface area (Å²) in [5.74, 6) is 3.49. The molecule has 3 aliphatic rings. The number of aromatic nitrogens is 1. The van der Waals surface area contributed by atoms with Crippen LogP contribution in [0.2, 0.25) is 0 Å². The van der Waals surface area contributed by atoms with Crippen LogP contribution in [0.15, 0.2) is 36.5 Å². The summed E-state index contributed by atoms with van der Waals surface area (Å²) in [4.78, 5) is 34.1. The lowest BCUT2D eigenvalue weighted by Crippen LogP contribution is -2.60. The molecule has 8 nitrogen and oxygen atoms in total. The van der Waals surface area contributed by atoms with Gasteiger partial charge in [0.05, 0.1) is 19.8 Å². The van der Waals surface area contributed by atoms with E-state index in [4.69, 9.17) is 9.47 Å². The molecule has 5 rings (SSSR count). The Labute approximate surface area is 206 Å². The number of nitrogens with one attached hydrogen (secondary N) is 1. The van der Waals surface area contributed by atoms with Gasteiger partial charge in [-0.15, -0.1) is 0 Å². The molecule has 3 aliphatic heterocycles. The van der Waals surface area contributed by atoms with Crippen molar-refractivity contribution in [2.24, 2.45) is 11.8 Å². The first-order valence-electron chi connectivity index (χ1n) is 12.5. The highest BCUT2D eigenvalue weighted by Crippen LogP contribution is 2.38. The molecule has 0 spiro atoms. The summed E-state index contributed by atoms with van der Waals surface area (Å²) in [7, 11) is 3.22. The molecular weight excluding hydrogens is 444 g/mol. The third-order valence-electron chi connectivity index (χ3n) is 7.66. The number of piperidine rings is 3. The van der Waals surface area contributed by atoms with Crippen LogP contribution in [0.3, 0.4) is 0 Å². The van der Waals surface area contributed by atoms with Gasteiger partial charge in [0.2, 0.25) is 5.91 Å². The minimum atomic E-state index is -0.128. The molecule has 2 bridgehead atoms. The van der Waals surface area contributed by atoms with Crippen LogP contribution in [0, 0.1) is 11.8 Å². The van der Waals surface area contributed by atoms with Gasteiger partial charge in [0, 0.05) is 44.8 Å². The number of benzene rings is 1. The number of pyridine rings is 1. The van der Waals surface area contributed by atoms with Crippen LogP contribution >= 0.6 is 0 Å². The number of fused-ring (bicyclic) bond motifs is 4. The zero-order chi connectivity index (χ0) is 24.4. The minimum absolute atomic E-state index is 0.128. The number of hydrogen-bond acceptors (Lipinski definition) is 6. The van der Waals surface area contributed by atoms with Crippen molar-refractivity contribution in [3.8, 4) is 11.5 Å². The second kappa shape index (κ2) is 10.1. The van der Waals surface area contributed by atoms with Gasteiger partial charge < -0.3 is 24.6 Å².